The molecule has 0 radical (unpaired) electrons. The van der Waals surface area contributed by atoms with Crippen LogP contribution in [0.1, 0.15) is 11.1 Å². The lowest BCUT2D eigenvalue weighted by molar-refractivity contribution is 0.468. The third kappa shape index (κ3) is 1.40. The molecule has 0 fully saturated rings. The number of hydrogen-bond acceptors (Lipinski definition) is 3. The Morgan fingerprint density at radius 3 is 2.50 bits per heavy atom. The lowest BCUT2D eigenvalue weighted by Gasteiger charge is -2.06. The van der Waals surface area contributed by atoms with E-state index in [-0.39, 0.29) is 11.4 Å². The molecule has 1 heterocycles. The molecule has 0 aliphatic carbocycles. The molecular weight excluding hydrogens is 228 g/mol. The zero-order valence-corrected chi connectivity index (χ0v) is 10.2. The van der Waals surface area contributed by atoms with Gasteiger partial charge < -0.3 is 9.52 Å². The SMILES string of the molecule is Cc1ccc2c(c1)c(=O)oc1c(C)c(O)ccc12. The first kappa shape index (κ1) is 10.8. The molecule has 3 nitrogen and oxygen atoms in total. The molecule has 0 amide bonds. The van der Waals surface area contributed by atoms with Gasteiger partial charge in [0, 0.05) is 10.9 Å². The second kappa shape index (κ2) is 3.60. The highest BCUT2D eigenvalue weighted by Gasteiger charge is 2.11. The second-order valence-corrected chi connectivity index (χ2v) is 4.52. The molecule has 0 saturated carbocycles. The Morgan fingerprint density at radius 1 is 1.00 bits per heavy atom. The molecule has 0 aliphatic rings. The van der Waals surface area contributed by atoms with E-state index in [0.717, 1.165) is 16.3 Å². The van der Waals surface area contributed by atoms with E-state index in [4.69, 9.17) is 4.42 Å². The summed E-state index contributed by atoms with van der Waals surface area (Å²) in [6, 6.07) is 9.10. The zero-order chi connectivity index (χ0) is 12.9. The molecular formula is C15H12O3. The molecule has 3 rings (SSSR count). The van der Waals surface area contributed by atoms with Crippen LogP contribution in [0.4, 0.5) is 0 Å². The number of phenols is 1. The van der Waals surface area contributed by atoms with Gasteiger partial charge in [-0.05, 0) is 37.4 Å². The van der Waals surface area contributed by atoms with Crippen molar-refractivity contribution in [3.05, 3.63) is 51.9 Å². The normalized spacial score (nSPS) is 11.2. The van der Waals surface area contributed by atoms with Crippen LogP contribution < -0.4 is 5.63 Å². The van der Waals surface area contributed by atoms with Crippen molar-refractivity contribution in [2.24, 2.45) is 0 Å². The average Bonchev–Trinajstić information content (AvgIpc) is 2.35. The molecule has 0 atom stereocenters. The van der Waals surface area contributed by atoms with Gasteiger partial charge >= 0.3 is 5.63 Å². The summed E-state index contributed by atoms with van der Waals surface area (Å²) in [5.74, 6) is 0.136. The first-order valence-electron chi connectivity index (χ1n) is 5.73. The van der Waals surface area contributed by atoms with Crippen molar-refractivity contribution in [1.29, 1.82) is 0 Å². The van der Waals surface area contributed by atoms with E-state index in [1.165, 1.54) is 0 Å². The molecule has 90 valence electrons. The quantitative estimate of drug-likeness (QED) is 0.484. The van der Waals surface area contributed by atoms with Crippen LogP contribution in [0.15, 0.2) is 39.5 Å². The Bertz CT molecular complexity index is 828. The van der Waals surface area contributed by atoms with E-state index in [2.05, 4.69) is 0 Å². The van der Waals surface area contributed by atoms with Crippen molar-refractivity contribution < 1.29 is 9.52 Å². The third-order valence-corrected chi connectivity index (χ3v) is 3.26. The van der Waals surface area contributed by atoms with Crippen LogP contribution in [-0.4, -0.2) is 5.11 Å². The maximum absolute atomic E-state index is 12.0. The summed E-state index contributed by atoms with van der Waals surface area (Å²) in [4.78, 5) is 12.0. The lowest BCUT2D eigenvalue weighted by atomic mass is 10.0. The third-order valence-electron chi connectivity index (χ3n) is 3.26. The van der Waals surface area contributed by atoms with Gasteiger partial charge in [0.25, 0.3) is 0 Å². The number of aryl methyl sites for hydroxylation is 2. The maximum atomic E-state index is 12.0. The van der Waals surface area contributed by atoms with Crippen LogP contribution >= 0.6 is 0 Å². The van der Waals surface area contributed by atoms with Crippen LogP contribution in [0.25, 0.3) is 21.7 Å². The summed E-state index contributed by atoms with van der Waals surface area (Å²) in [5, 5.41) is 11.9. The van der Waals surface area contributed by atoms with E-state index in [0.29, 0.717) is 16.5 Å². The van der Waals surface area contributed by atoms with Crippen molar-refractivity contribution in [3.63, 3.8) is 0 Å². The minimum atomic E-state index is -0.366. The van der Waals surface area contributed by atoms with E-state index < -0.39 is 0 Å². The van der Waals surface area contributed by atoms with Crippen molar-refractivity contribution in [3.8, 4) is 5.75 Å². The summed E-state index contributed by atoms with van der Waals surface area (Å²) in [5.41, 5.74) is 1.70. The van der Waals surface area contributed by atoms with Crippen molar-refractivity contribution in [2.75, 3.05) is 0 Å². The van der Waals surface area contributed by atoms with Crippen LogP contribution in [0.3, 0.4) is 0 Å². The largest absolute Gasteiger partial charge is 0.508 e. The Morgan fingerprint density at radius 2 is 1.72 bits per heavy atom. The van der Waals surface area contributed by atoms with E-state index >= 15 is 0 Å². The van der Waals surface area contributed by atoms with Crippen LogP contribution in [0, 0.1) is 13.8 Å². The molecule has 1 N–H and O–H groups in total. The van der Waals surface area contributed by atoms with Crippen molar-refractivity contribution in [2.45, 2.75) is 13.8 Å². The fourth-order valence-corrected chi connectivity index (χ4v) is 2.23. The molecule has 0 aliphatic heterocycles. The van der Waals surface area contributed by atoms with Gasteiger partial charge in [0.15, 0.2) is 0 Å². The monoisotopic (exact) mass is 240 g/mol. The number of aromatic hydroxyl groups is 1. The van der Waals surface area contributed by atoms with Gasteiger partial charge in [-0.15, -0.1) is 0 Å². The van der Waals surface area contributed by atoms with Gasteiger partial charge in [0.1, 0.15) is 11.3 Å². The number of hydrogen-bond donors (Lipinski definition) is 1. The molecule has 3 aromatic rings. The van der Waals surface area contributed by atoms with Crippen molar-refractivity contribution in [1.82, 2.24) is 0 Å². The smallest absolute Gasteiger partial charge is 0.344 e. The zero-order valence-electron chi connectivity index (χ0n) is 10.2. The predicted molar refractivity (Wildman–Crippen MR) is 71.1 cm³/mol. The van der Waals surface area contributed by atoms with Gasteiger partial charge in [0.05, 0.1) is 5.39 Å². The molecule has 2 aromatic carbocycles. The predicted octanol–water partition coefficient (Wildman–Crippen LogP) is 3.27. The van der Waals surface area contributed by atoms with Gasteiger partial charge in [-0.3, -0.25) is 0 Å². The summed E-state index contributed by atoms with van der Waals surface area (Å²) < 4.78 is 5.33. The summed E-state index contributed by atoms with van der Waals surface area (Å²) in [6.07, 6.45) is 0. The van der Waals surface area contributed by atoms with Gasteiger partial charge in [-0.25, -0.2) is 4.79 Å². The highest BCUT2D eigenvalue weighted by molar-refractivity contribution is 6.05. The molecule has 0 unspecified atom stereocenters. The lowest BCUT2D eigenvalue weighted by Crippen LogP contribution is -2.00. The van der Waals surface area contributed by atoms with Crippen molar-refractivity contribution >= 4 is 21.7 Å². The van der Waals surface area contributed by atoms with Crippen LogP contribution in [-0.2, 0) is 0 Å². The molecule has 3 heteroatoms. The highest BCUT2D eigenvalue weighted by atomic mass is 16.4. The Balaban J connectivity index is 2.63. The molecule has 18 heavy (non-hydrogen) atoms. The van der Waals surface area contributed by atoms with Crippen LogP contribution in [0.2, 0.25) is 0 Å². The highest BCUT2D eigenvalue weighted by Crippen LogP contribution is 2.30. The number of phenolic OH excluding ortho intramolecular Hbond substituents is 1. The van der Waals surface area contributed by atoms with E-state index in [1.54, 1.807) is 19.1 Å². The molecule has 1 aromatic heterocycles. The topological polar surface area (TPSA) is 50.4 Å². The fourth-order valence-electron chi connectivity index (χ4n) is 2.23. The minimum Gasteiger partial charge on any atom is -0.508 e. The van der Waals surface area contributed by atoms with E-state index in [9.17, 15) is 9.90 Å². The van der Waals surface area contributed by atoms with Crippen LogP contribution in [0.5, 0.6) is 5.75 Å². The maximum Gasteiger partial charge on any atom is 0.344 e. The first-order valence-corrected chi connectivity index (χ1v) is 5.73. The summed E-state index contributed by atoms with van der Waals surface area (Å²) in [6.45, 7) is 3.67. The Kier molecular flexibility index (Phi) is 2.17. The van der Waals surface area contributed by atoms with E-state index in [1.807, 2.05) is 25.1 Å². The molecule has 0 spiro atoms. The second-order valence-electron chi connectivity index (χ2n) is 4.52. The Labute approximate surface area is 103 Å². The number of fused-ring (bicyclic) bond motifs is 3. The standard InChI is InChI=1S/C15H12O3/c1-8-3-4-10-11-5-6-13(16)9(2)14(11)18-15(17)12(10)7-8/h3-7,16H,1-2H3. The minimum absolute atomic E-state index is 0.136. The average molecular weight is 240 g/mol. The van der Waals surface area contributed by atoms with Gasteiger partial charge in [0.2, 0.25) is 0 Å². The number of benzene rings is 2. The number of rotatable bonds is 0. The molecule has 0 bridgehead atoms. The molecule has 0 saturated heterocycles. The van der Waals surface area contributed by atoms with Gasteiger partial charge in [-0.2, -0.15) is 0 Å². The summed E-state index contributed by atoms with van der Waals surface area (Å²) >= 11 is 0. The fraction of sp³-hybridized carbons (Fsp3) is 0.133. The van der Waals surface area contributed by atoms with Gasteiger partial charge in [-0.1, -0.05) is 17.7 Å². The first-order chi connectivity index (χ1) is 8.58. The Hall–Kier alpha value is -2.29. The summed E-state index contributed by atoms with van der Waals surface area (Å²) in [7, 11) is 0.